The summed E-state index contributed by atoms with van der Waals surface area (Å²) in [7, 11) is 0. The molecule has 0 bridgehead atoms. The van der Waals surface area contributed by atoms with Crippen LogP contribution in [0.3, 0.4) is 0 Å². The Balaban J connectivity index is 1.59. The van der Waals surface area contributed by atoms with Crippen LogP contribution in [0.2, 0.25) is 0 Å². The lowest BCUT2D eigenvalue weighted by Gasteiger charge is -2.19. The van der Waals surface area contributed by atoms with Crippen LogP contribution in [0.5, 0.6) is 17.2 Å². The number of alkyl halides is 2. The van der Waals surface area contributed by atoms with Crippen molar-refractivity contribution < 1.29 is 23.0 Å². The van der Waals surface area contributed by atoms with Crippen LogP contribution < -0.4 is 24.8 Å². The van der Waals surface area contributed by atoms with E-state index in [9.17, 15) is 8.78 Å². The molecule has 0 aliphatic carbocycles. The second kappa shape index (κ2) is 7.31. The van der Waals surface area contributed by atoms with Crippen molar-refractivity contribution in [3.05, 3.63) is 42.5 Å². The maximum Gasteiger partial charge on any atom is 0.387 e. The Labute approximate surface area is 142 Å². The lowest BCUT2D eigenvalue weighted by Crippen LogP contribution is -2.20. The molecule has 1 heterocycles. The molecule has 24 heavy (non-hydrogen) atoms. The molecule has 0 saturated heterocycles. The number of nitrogens with one attached hydrogen (secondary N) is 2. The van der Waals surface area contributed by atoms with Crippen molar-refractivity contribution in [2.75, 3.05) is 23.8 Å². The highest BCUT2D eigenvalue weighted by atomic mass is 32.1. The first-order valence-corrected chi connectivity index (χ1v) is 7.53. The fraction of sp³-hybridized carbons (Fsp3) is 0.188. The Bertz CT molecular complexity index is 726. The van der Waals surface area contributed by atoms with E-state index in [4.69, 9.17) is 21.7 Å². The average Bonchev–Trinajstić information content (AvgIpc) is 2.56. The second-order valence-corrected chi connectivity index (χ2v) is 5.25. The third-order valence-electron chi connectivity index (χ3n) is 3.14. The highest BCUT2D eigenvalue weighted by Crippen LogP contribution is 2.32. The van der Waals surface area contributed by atoms with E-state index in [1.165, 1.54) is 12.1 Å². The number of fused-ring (bicyclic) bond motifs is 1. The van der Waals surface area contributed by atoms with Gasteiger partial charge in [-0.15, -0.1) is 0 Å². The molecule has 2 N–H and O–H groups in total. The first-order valence-electron chi connectivity index (χ1n) is 7.13. The van der Waals surface area contributed by atoms with Gasteiger partial charge in [-0.2, -0.15) is 8.78 Å². The normalized spacial score (nSPS) is 12.6. The number of hydrogen-bond donors (Lipinski definition) is 2. The minimum atomic E-state index is -2.85. The molecule has 0 saturated carbocycles. The maximum absolute atomic E-state index is 12.1. The zero-order chi connectivity index (χ0) is 16.9. The number of halogens is 2. The van der Waals surface area contributed by atoms with Crippen LogP contribution in [-0.2, 0) is 0 Å². The van der Waals surface area contributed by atoms with Gasteiger partial charge in [0.15, 0.2) is 16.6 Å². The van der Waals surface area contributed by atoms with Gasteiger partial charge in [0.2, 0.25) is 0 Å². The predicted molar refractivity (Wildman–Crippen MR) is 90.3 cm³/mol. The molecule has 0 amide bonds. The molecular weight excluding hydrogens is 338 g/mol. The van der Waals surface area contributed by atoms with Crippen molar-refractivity contribution in [1.82, 2.24) is 0 Å². The van der Waals surface area contributed by atoms with E-state index in [1.807, 2.05) is 6.07 Å². The molecule has 0 spiro atoms. The average molecular weight is 352 g/mol. The van der Waals surface area contributed by atoms with Gasteiger partial charge in [0.05, 0.1) is 0 Å². The monoisotopic (exact) mass is 352 g/mol. The fourth-order valence-corrected chi connectivity index (χ4v) is 2.37. The van der Waals surface area contributed by atoms with Gasteiger partial charge in [-0.3, -0.25) is 0 Å². The van der Waals surface area contributed by atoms with Gasteiger partial charge in [0.1, 0.15) is 19.0 Å². The van der Waals surface area contributed by atoms with Crippen molar-refractivity contribution in [2.45, 2.75) is 6.61 Å². The first-order chi connectivity index (χ1) is 11.6. The lowest BCUT2D eigenvalue weighted by atomic mass is 10.2. The van der Waals surface area contributed by atoms with Gasteiger partial charge in [0, 0.05) is 17.4 Å². The molecule has 0 unspecified atom stereocenters. The predicted octanol–water partition coefficient (Wildman–Crippen LogP) is 3.87. The lowest BCUT2D eigenvalue weighted by molar-refractivity contribution is -0.0498. The van der Waals surface area contributed by atoms with Crippen molar-refractivity contribution >= 4 is 28.7 Å². The van der Waals surface area contributed by atoms with E-state index >= 15 is 0 Å². The molecule has 0 radical (unpaired) electrons. The standard InChI is InChI=1S/C16H14F2N2O3S/c17-15(18)23-12-4-1-10(2-5-12)19-16(24)20-11-3-6-13-14(9-11)22-8-7-21-13/h1-6,9,15H,7-8H2,(H2,19,20,24). The van der Waals surface area contributed by atoms with Gasteiger partial charge in [-0.05, 0) is 48.6 Å². The quantitative estimate of drug-likeness (QED) is 0.815. The Kier molecular flexibility index (Phi) is 4.95. The van der Waals surface area contributed by atoms with E-state index in [2.05, 4.69) is 15.4 Å². The minimum absolute atomic E-state index is 0.0845. The molecule has 0 aromatic heterocycles. The molecule has 2 aromatic carbocycles. The molecule has 3 rings (SSSR count). The molecule has 5 nitrogen and oxygen atoms in total. The molecular formula is C16H14F2N2O3S. The van der Waals surface area contributed by atoms with Crippen LogP contribution in [0.4, 0.5) is 20.2 Å². The third-order valence-corrected chi connectivity index (χ3v) is 3.34. The van der Waals surface area contributed by atoms with E-state index < -0.39 is 6.61 Å². The van der Waals surface area contributed by atoms with Crippen molar-refractivity contribution in [3.8, 4) is 17.2 Å². The van der Waals surface area contributed by atoms with Crippen LogP contribution in [0.25, 0.3) is 0 Å². The van der Waals surface area contributed by atoms with Gasteiger partial charge in [-0.25, -0.2) is 0 Å². The largest absolute Gasteiger partial charge is 0.486 e. The summed E-state index contributed by atoms with van der Waals surface area (Å²) in [4.78, 5) is 0. The summed E-state index contributed by atoms with van der Waals surface area (Å²) in [5.74, 6) is 1.43. The van der Waals surface area contributed by atoms with E-state index in [0.717, 1.165) is 5.69 Å². The Morgan fingerprint density at radius 3 is 2.29 bits per heavy atom. The number of benzene rings is 2. The number of hydrogen-bond acceptors (Lipinski definition) is 4. The van der Waals surface area contributed by atoms with E-state index in [-0.39, 0.29) is 5.75 Å². The Hall–Kier alpha value is -2.61. The van der Waals surface area contributed by atoms with Crippen molar-refractivity contribution in [2.24, 2.45) is 0 Å². The summed E-state index contributed by atoms with van der Waals surface area (Å²) in [5.41, 5.74) is 1.39. The zero-order valence-corrected chi connectivity index (χ0v) is 13.2. The van der Waals surface area contributed by atoms with Gasteiger partial charge in [0.25, 0.3) is 0 Å². The highest BCUT2D eigenvalue weighted by Gasteiger charge is 2.12. The minimum Gasteiger partial charge on any atom is -0.486 e. The Morgan fingerprint density at radius 1 is 0.958 bits per heavy atom. The second-order valence-electron chi connectivity index (χ2n) is 4.84. The summed E-state index contributed by atoms with van der Waals surface area (Å²) in [6.07, 6.45) is 0. The van der Waals surface area contributed by atoms with Gasteiger partial charge < -0.3 is 24.8 Å². The molecule has 2 aromatic rings. The van der Waals surface area contributed by atoms with Crippen LogP contribution in [0.1, 0.15) is 0 Å². The molecule has 1 aliphatic heterocycles. The Morgan fingerprint density at radius 2 is 1.58 bits per heavy atom. The maximum atomic E-state index is 12.1. The summed E-state index contributed by atoms with van der Waals surface area (Å²) in [6.45, 7) is -1.81. The number of rotatable bonds is 4. The van der Waals surface area contributed by atoms with Gasteiger partial charge >= 0.3 is 6.61 Å². The zero-order valence-electron chi connectivity index (χ0n) is 12.4. The van der Waals surface area contributed by atoms with Crippen LogP contribution in [0.15, 0.2) is 42.5 Å². The smallest absolute Gasteiger partial charge is 0.387 e. The molecule has 0 atom stereocenters. The van der Waals surface area contributed by atoms with Gasteiger partial charge in [-0.1, -0.05) is 0 Å². The van der Waals surface area contributed by atoms with Crippen molar-refractivity contribution in [1.29, 1.82) is 0 Å². The van der Waals surface area contributed by atoms with E-state index in [1.54, 1.807) is 24.3 Å². The first kappa shape index (κ1) is 16.3. The summed E-state index contributed by atoms with van der Waals surface area (Å²) in [5, 5.41) is 6.33. The molecule has 1 aliphatic rings. The topological polar surface area (TPSA) is 51.8 Å². The van der Waals surface area contributed by atoms with Crippen LogP contribution >= 0.6 is 12.2 Å². The van der Waals surface area contributed by atoms with Crippen LogP contribution in [-0.4, -0.2) is 24.9 Å². The summed E-state index contributed by atoms with van der Waals surface area (Å²) < 4.78 is 39.5. The fourth-order valence-electron chi connectivity index (χ4n) is 2.13. The summed E-state index contributed by atoms with van der Waals surface area (Å²) >= 11 is 5.23. The highest BCUT2D eigenvalue weighted by molar-refractivity contribution is 7.80. The molecule has 8 heteroatoms. The number of ether oxygens (including phenoxy) is 3. The van der Waals surface area contributed by atoms with Crippen LogP contribution in [0, 0.1) is 0 Å². The third kappa shape index (κ3) is 4.23. The number of thiocarbonyl (C=S) groups is 1. The van der Waals surface area contributed by atoms with Crippen molar-refractivity contribution in [3.63, 3.8) is 0 Å². The molecule has 0 fully saturated rings. The number of anilines is 2. The summed E-state index contributed by atoms with van der Waals surface area (Å²) in [6, 6.07) is 11.5. The molecule has 126 valence electrons. The SMILES string of the molecule is FC(F)Oc1ccc(NC(=S)Nc2ccc3c(c2)OCCO3)cc1. The van der Waals surface area contributed by atoms with E-state index in [0.29, 0.717) is 35.5 Å².